The number of aliphatic hydroxyl groups excluding tert-OH is 1. The number of hydrogen-bond donors (Lipinski definition) is 2. The fourth-order valence-corrected chi connectivity index (χ4v) is 2.11. The molecule has 0 radical (unpaired) electrons. The number of ether oxygens (including phenoxy) is 2. The Morgan fingerprint density at radius 2 is 1.76 bits per heavy atom. The summed E-state index contributed by atoms with van der Waals surface area (Å²) in [6, 6.07) is 5.04. The average molecular weight is 237 g/mol. The highest BCUT2D eigenvalue weighted by Gasteiger charge is 2.36. The normalized spacial score (nSPS) is 18.6. The molecular weight excluding hydrogens is 218 g/mol. The van der Waals surface area contributed by atoms with Crippen LogP contribution in [-0.4, -0.2) is 25.4 Å². The van der Waals surface area contributed by atoms with E-state index in [1.807, 2.05) is 18.2 Å². The summed E-state index contributed by atoms with van der Waals surface area (Å²) < 4.78 is 10.6. The van der Waals surface area contributed by atoms with E-state index in [0.717, 1.165) is 18.4 Å². The van der Waals surface area contributed by atoms with Crippen LogP contribution in [0.2, 0.25) is 0 Å². The van der Waals surface area contributed by atoms with Crippen LogP contribution in [0.25, 0.3) is 0 Å². The zero-order valence-corrected chi connectivity index (χ0v) is 10.2. The van der Waals surface area contributed by atoms with Crippen molar-refractivity contribution < 1.29 is 14.6 Å². The van der Waals surface area contributed by atoms with E-state index in [1.54, 1.807) is 14.2 Å². The lowest BCUT2D eigenvalue weighted by Crippen LogP contribution is -2.28. The third kappa shape index (κ3) is 2.37. The van der Waals surface area contributed by atoms with Crippen molar-refractivity contribution in [2.45, 2.75) is 25.0 Å². The fraction of sp³-hybridized carbons (Fsp3) is 0.538. The predicted octanol–water partition coefficient (Wildman–Crippen LogP) is 1.47. The van der Waals surface area contributed by atoms with Gasteiger partial charge in [0.25, 0.3) is 0 Å². The van der Waals surface area contributed by atoms with Crippen LogP contribution in [0.3, 0.4) is 0 Å². The summed E-state index contributed by atoms with van der Waals surface area (Å²) in [5.74, 6) is 1.65. The second-order valence-electron chi connectivity index (χ2n) is 4.43. The molecule has 0 bridgehead atoms. The lowest BCUT2D eigenvalue weighted by Gasteiger charge is -2.23. The molecule has 17 heavy (non-hydrogen) atoms. The van der Waals surface area contributed by atoms with Gasteiger partial charge in [-0.25, -0.2) is 0 Å². The molecule has 1 aliphatic rings. The highest BCUT2D eigenvalue weighted by atomic mass is 16.5. The summed E-state index contributed by atoms with van der Waals surface area (Å²) in [5, 5.41) is 10.1. The first-order valence-electron chi connectivity index (χ1n) is 5.83. The zero-order chi connectivity index (χ0) is 12.4. The van der Waals surface area contributed by atoms with Crippen LogP contribution in [0.4, 0.5) is 0 Å². The van der Waals surface area contributed by atoms with Gasteiger partial charge in [0.15, 0.2) is 0 Å². The number of nitrogens with two attached hydrogens (primary N) is 1. The molecule has 1 aromatic carbocycles. The molecule has 4 nitrogen and oxygen atoms in total. The summed E-state index contributed by atoms with van der Waals surface area (Å²) in [5.41, 5.74) is 6.87. The predicted molar refractivity (Wildman–Crippen MR) is 65.2 cm³/mol. The SMILES string of the molecule is COc1cccc(OC)c1[C@@H](N)[C@@H](O)C1CC1. The molecule has 0 unspecified atom stereocenters. The molecule has 2 atom stereocenters. The van der Waals surface area contributed by atoms with Gasteiger partial charge in [-0.3, -0.25) is 0 Å². The first-order chi connectivity index (χ1) is 8.19. The van der Waals surface area contributed by atoms with E-state index in [1.165, 1.54) is 0 Å². The van der Waals surface area contributed by atoms with E-state index in [9.17, 15) is 5.11 Å². The van der Waals surface area contributed by atoms with E-state index in [0.29, 0.717) is 17.4 Å². The van der Waals surface area contributed by atoms with Crippen molar-refractivity contribution in [3.8, 4) is 11.5 Å². The molecule has 3 N–H and O–H groups in total. The molecule has 1 aromatic rings. The summed E-state index contributed by atoms with van der Waals surface area (Å²) in [4.78, 5) is 0. The lowest BCUT2D eigenvalue weighted by atomic mass is 9.97. The van der Waals surface area contributed by atoms with Gasteiger partial charge in [0.05, 0.1) is 31.9 Å². The smallest absolute Gasteiger partial charge is 0.127 e. The molecule has 1 saturated carbocycles. The second kappa shape index (κ2) is 4.94. The van der Waals surface area contributed by atoms with Crippen LogP contribution < -0.4 is 15.2 Å². The van der Waals surface area contributed by atoms with E-state index >= 15 is 0 Å². The van der Waals surface area contributed by atoms with Gasteiger partial charge >= 0.3 is 0 Å². The van der Waals surface area contributed by atoms with Crippen LogP contribution in [-0.2, 0) is 0 Å². The van der Waals surface area contributed by atoms with Gasteiger partial charge in [0.1, 0.15) is 11.5 Å². The topological polar surface area (TPSA) is 64.7 Å². The van der Waals surface area contributed by atoms with Gasteiger partial charge in [-0.1, -0.05) is 6.07 Å². The molecule has 1 aliphatic carbocycles. The molecule has 94 valence electrons. The van der Waals surface area contributed by atoms with E-state index in [-0.39, 0.29) is 0 Å². The Hall–Kier alpha value is -1.26. The molecule has 4 heteroatoms. The van der Waals surface area contributed by atoms with Crippen LogP contribution >= 0.6 is 0 Å². The number of rotatable bonds is 5. The molecule has 0 aliphatic heterocycles. The van der Waals surface area contributed by atoms with Gasteiger partial charge in [-0.15, -0.1) is 0 Å². The Labute approximate surface area is 101 Å². The lowest BCUT2D eigenvalue weighted by molar-refractivity contribution is 0.120. The van der Waals surface area contributed by atoms with E-state index < -0.39 is 12.1 Å². The molecule has 0 saturated heterocycles. The van der Waals surface area contributed by atoms with Crippen molar-refractivity contribution >= 4 is 0 Å². The monoisotopic (exact) mass is 237 g/mol. The molecule has 0 spiro atoms. The summed E-state index contributed by atoms with van der Waals surface area (Å²) in [6.45, 7) is 0. The molecule has 0 amide bonds. The maximum Gasteiger partial charge on any atom is 0.127 e. The van der Waals surface area contributed by atoms with Gasteiger partial charge in [-0.2, -0.15) is 0 Å². The molecular formula is C13H19NO3. The van der Waals surface area contributed by atoms with Crippen molar-refractivity contribution in [1.29, 1.82) is 0 Å². The van der Waals surface area contributed by atoms with Crippen molar-refractivity contribution in [2.75, 3.05) is 14.2 Å². The Kier molecular flexibility index (Phi) is 3.54. The van der Waals surface area contributed by atoms with E-state index in [4.69, 9.17) is 15.2 Å². The van der Waals surface area contributed by atoms with Gasteiger partial charge in [0.2, 0.25) is 0 Å². The molecule has 0 heterocycles. The van der Waals surface area contributed by atoms with Gasteiger partial charge in [0, 0.05) is 0 Å². The highest BCUT2D eigenvalue weighted by molar-refractivity contribution is 5.47. The number of methoxy groups -OCH3 is 2. The summed E-state index contributed by atoms with van der Waals surface area (Å²) >= 11 is 0. The Morgan fingerprint density at radius 3 is 2.18 bits per heavy atom. The molecule has 0 aromatic heterocycles. The van der Waals surface area contributed by atoms with Crippen LogP contribution in [0.5, 0.6) is 11.5 Å². The quantitative estimate of drug-likeness (QED) is 0.814. The highest BCUT2D eigenvalue weighted by Crippen LogP contribution is 2.41. The van der Waals surface area contributed by atoms with Crippen molar-refractivity contribution in [1.82, 2.24) is 0 Å². The third-order valence-electron chi connectivity index (χ3n) is 3.27. The average Bonchev–Trinajstić information content (AvgIpc) is 3.20. The first-order valence-corrected chi connectivity index (χ1v) is 5.83. The van der Waals surface area contributed by atoms with Gasteiger partial charge in [-0.05, 0) is 30.9 Å². The Balaban J connectivity index is 2.33. The van der Waals surface area contributed by atoms with Crippen LogP contribution in [0.1, 0.15) is 24.4 Å². The maximum absolute atomic E-state index is 10.1. The second-order valence-corrected chi connectivity index (χ2v) is 4.43. The standard InChI is InChI=1S/C13H19NO3/c1-16-9-4-3-5-10(17-2)11(9)12(14)13(15)8-6-7-8/h3-5,8,12-13,15H,6-7,14H2,1-2H3/t12-,13+/m1/s1. The molecule has 1 fully saturated rings. The zero-order valence-electron chi connectivity index (χ0n) is 10.2. The van der Waals surface area contributed by atoms with Crippen molar-refractivity contribution in [2.24, 2.45) is 11.7 Å². The largest absolute Gasteiger partial charge is 0.496 e. The minimum Gasteiger partial charge on any atom is -0.496 e. The van der Waals surface area contributed by atoms with Crippen molar-refractivity contribution in [3.63, 3.8) is 0 Å². The van der Waals surface area contributed by atoms with Crippen LogP contribution in [0.15, 0.2) is 18.2 Å². The number of benzene rings is 1. The number of hydrogen-bond acceptors (Lipinski definition) is 4. The third-order valence-corrected chi connectivity index (χ3v) is 3.27. The summed E-state index contributed by atoms with van der Waals surface area (Å²) in [6.07, 6.45) is 1.57. The first kappa shape index (κ1) is 12.2. The van der Waals surface area contributed by atoms with Gasteiger partial charge < -0.3 is 20.3 Å². The molecule has 2 rings (SSSR count). The van der Waals surface area contributed by atoms with Crippen molar-refractivity contribution in [3.05, 3.63) is 23.8 Å². The minimum atomic E-state index is -0.528. The van der Waals surface area contributed by atoms with Crippen LogP contribution in [0, 0.1) is 5.92 Å². The fourth-order valence-electron chi connectivity index (χ4n) is 2.11. The Bertz CT molecular complexity index is 368. The van der Waals surface area contributed by atoms with E-state index in [2.05, 4.69) is 0 Å². The number of aliphatic hydroxyl groups is 1. The summed E-state index contributed by atoms with van der Waals surface area (Å²) in [7, 11) is 3.18. The minimum absolute atomic E-state index is 0.319. The Morgan fingerprint density at radius 1 is 1.24 bits per heavy atom. The maximum atomic E-state index is 10.1.